The first kappa shape index (κ1) is 20.1. The number of carbonyl (C=O) groups excluding carboxylic acids is 1. The number of aromatic nitrogens is 2. The Kier molecular flexibility index (Phi) is 6.91. The third-order valence-electron chi connectivity index (χ3n) is 3.11. The number of aliphatic hydroxyl groups excluding tert-OH is 2. The molecular weight excluding hydrogens is 418 g/mol. The number of hydrogen-bond donors (Lipinski definition) is 4. The zero-order valence-corrected chi connectivity index (χ0v) is 15.0. The Hall–Kier alpha value is -2.21. The molecule has 0 saturated heterocycles. The van der Waals surface area contributed by atoms with E-state index in [2.05, 4.69) is 31.4 Å². The summed E-state index contributed by atoms with van der Waals surface area (Å²) in [7, 11) is 0. The number of hydrogen-bond acceptors (Lipinski definition) is 7. The lowest BCUT2D eigenvalue weighted by Gasteiger charge is -2.14. The van der Waals surface area contributed by atoms with Crippen molar-refractivity contribution < 1.29 is 28.6 Å². The molecule has 26 heavy (non-hydrogen) atoms. The highest BCUT2D eigenvalue weighted by atomic mass is 79.9. The van der Waals surface area contributed by atoms with Crippen LogP contribution in [0.2, 0.25) is 0 Å². The van der Waals surface area contributed by atoms with Crippen molar-refractivity contribution >= 4 is 33.3 Å². The van der Waals surface area contributed by atoms with Gasteiger partial charge in [0.1, 0.15) is 12.7 Å². The van der Waals surface area contributed by atoms with Crippen molar-refractivity contribution in [2.75, 3.05) is 18.5 Å². The first-order valence-corrected chi connectivity index (χ1v) is 8.08. The third kappa shape index (κ3) is 4.91. The number of aryl methyl sites for hydroxylation is 1. The van der Waals surface area contributed by atoms with Gasteiger partial charge in [-0.15, -0.1) is 5.10 Å². The Morgan fingerprint density at radius 3 is 2.69 bits per heavy atom. The van der Waals surface area contributed by atoms with E-state index in [-0.39, 0.29) is 22.5 Å². The topological polar surface area (TPSA) is 117 Å². The van der Waals surface area contributed by atoms with Crippen molar-refractivity contribution in [1.82, 2.24) is 15.7 Å². The molecule has 2 rings (SSSR count). The number of benzene rings is 1. The molecule has 11 heteroatoms. The van der Waals surface area contributed by atoms with E-state index in [1.807, 2.05) is 5.48 Å². The molecule has 8 nitrogen and oxygen atoms in total. The van der Waals surface area contributed by atoms with Crippen LogP contribution in [0.3, 0.4) is 0 Å². The van der Waals surface area contributed by atoms with Crippen molar-refractivity contribution in [3.05, 3.63) is 45.6 Å². The van der Waals surface area contributed by atoms with Crippen LogP contribution in [0, 0.1) is 18.6 Å². The largest absolute Gasteiger partial charge is 0.394 e. The van der Waals surface area contributed by atoms with Crippen LogP contribution >= 0.6 is 15.9 Å². The second-order valence-electron chi connectivity index (χ2n) is 5.17. The number of amides is 1. The van der Waals surface area contributed by atoms with Crippen LogP contribution in [0.1, 0.15) is 16.1 Å². The molecule has 1 aromatic heterocycles. The quantitative estimate of drug-likeness (QED) is 0.387. The van der Waals surface area contributed by atoms with E-state index in [1.165, 1.54) is 6.07 Å². The maximum Gasteiger partial charge on any atom is 0.277 e. The minimum Gasteiger partial charge on any atom is -0.394 e. The molecule has 1 aromatic carbocycles. The van der Waals surface area contributed by atoms with E-state index >= 15 is 0 Å². The molecule has 1 amide bonds. The predicted molar refractivity (Wildman–Crippen MR) is 90.6 cm³/mol. The minimum absolute atomic E-state index is 0.0990. The van der Waals surface area contributed by atoms with Gasteiger partial charge < -0.3 is 15.5 Å². The predicted octanol–water partition coefficient (Wildman–Crippen LogP) is 1.58. The molecule has 1 heterocycles. The van der Waals surface area contributed by atoms with Crippen molar-refractivity contribution in [2.24, 2.45) is 0 Å². The lowest BCUT2D eigenvalue weighted by atomic mass is 10.1. The van der Waals surface area contributed by atoms with Crippen LogP contribution < -0.4 is 10.8 Å². The molecule has 0 fully saturated rings. The minimum atomic E-state index is -1.30. The number of anilines is 2. The van der Waals surface area contributed by atoms with E-state index < -0.39 is 35.9 Å². The van der Waals surface area contributed by atoms with E-state index in [9.17, 15) is 13.6 Å². The molecular formula is C15H15BrF2N4O4. The Bertz CT molecular complexity index is 792. The SMILES string of the molecule is Cc1ccc(Nc2c(C(=O)NOC[C@H](O)CO)cc(Br)c(F)c2F)nn1. The van der Waals surface area contributed by atoms with Crippen molar-refractivity contribution in [3.63, 3.8) is 0 Å². The number of nitrogens with one attached hydrogen (secondary N) is 2. The lowest BCUT2D eigenvalue weighted by Crippen LogP contribution is -2.30. The van der Waals surface area contributed by atoms with Crippen LogP contribution in [0.4, 0.5) is 20.3 Å². The summed E-state index contributed by atoms with van der Waals surface area (Å²) in [5, 5.41) is 27.9. The number of nitrogens with zero attached hydrogens (tertiary/aromatic N) is 2. The first-order valence-electron chi connectivity index (χ1n) is 7.29. The van der Waals surface area contributed by atoms with Gasteiger partial charge in [-0.1, -0.05) is 0 Å². The zero-order valence-electron chi connectivity index (χ0n) is 13.5. The average Bonchev–Trinajstić information content (AvgIpc) is 2.63. The van der Waals surface area contributed by atoms with Gasteiger partial charge in [0.2, 0.25) is 0 Å². The second kappa shape index (κ2) is 8.94. The summed E-state index contributed by atoms with van der Waals surface area (Å²) in [4.78, 5) is 17.0. The Balaban J connectivity index is 2.29. The van der Waals surface area contributed by atoms with E-state index in [0.29, 0.717) is 5.69 Å². The fourth-order valence-electron chi connectivity index (χ4n) is 1.80. The van der Waals surface area contributed by atoms with Gasteiger partial charge in [0.05, 0.1) is 28.0 Å². The fourth-order valence-corrected chi connectivity index (χ4v) is 2.20. The summed E-state index contributed by atoms with van der Waals surface area (Å²) in [6.45, 7) is 0.748. The van der Waals surface area contributed by atoms with Crippen LogP contribution in [0.5, 0.6) is 0 Å². The zero-order chi connectivity index (χ0) is 19.3. The van der Waals surface area contributed by atoms with Gasteiger partial charge in [-0.05, 0) is 41.1 Å². The van der Waals surface area contributed by atoms with Gasteiger partial charge in [0, 0.05) is 0 Å². The third-order valence-corrected chi connectivity index (χ3v) is 3.69. The number of halogens is 3. The maximum atomic E-state index is 14.3. The van der Waals surface area contributed by atoms with E-state index in [4.69, 9.17) is 15.1 Å². The van der Waals surface area contributed by atoms with Gasteiger partial charge in [0.25, 0.3) is 5.91 Å². The first-order chi connectivity index (χ1) is 12.3. The fraction of sp³-hybridized carbons (Fsp3) is 0.267. The molecule has 0 saturated carbocycles. The highest BCUT2D eigenvalue weighted by molar-refractivity contribution is 9.10. The highest BCUT2D eigenvalue weighted by Crippen LogP contribution is 2.30. The van der Waals surface area contributed by atoms with E-state index in [1.54, 1.807) is 13.0 Å². The van der Waals surface area contributed by atoms with Crippen LogP contribution in [-0.4, -0.2) is 45.6 Å². The highest BCUT2D eigenvalue weighted by Gasteiger charge is 2.23. The number of carbonyl (C=O) groups is 1. The Morgan fingerprint density at radius 1 is 1.35 bits per heavy atom. The Labute approximate surface area is 155 Å². The molecule has 2 aromatic rings. The monoisotopic (exact) mass is 432 g/mol. The molecule has 0 radical (unpaired) electrons. The summed E-state index contributed by atoms with van der Waals surface area (Å²) >= 11 is 2.83. The number of rotatable bonds is 7. The van der Waals surface area contributed by atoms with Crippen molar-refractivity contribution in [3.8, 4) is 0 Å². The van der Waals surface area contributed by atoms with Crippen LogP contribution in [-0.2, 0) is 4.84 Å². The standard InChI is InChI=1S/C15H15BrF2N4O4/c1-7-2-3-11(21-20-7)19-14-9(4-10(16)12(17)13(14)18)15(25)22-26-6-8(24)5-23/h2-4,8,23-24H,5-6H2,1H3,(H,19,21)(H,22,25)/t8-/m1/s1. The lowest BCUT2D eigenvalue weighted by molar-refractivity contribution is -0.0295. The molecule has 1 atom stereocenters. The molecule has 0 bridgehead atoms. The van der Waals surface area contributed by atoms with Gasteiger partial charge in [-0.25, -0.2) is 14.3 Å². The van der Waals surface area contributed by atoms with Gasteiger partial charge >= 0.3 is 0 Å². The van der Waals surface area contributed by atoms with Gasteiger partial charge in [0.15, 0.2) is 17.5 Å². The molecule has 0 aliphatic carbocycles. The summed E-state index contributed by atoms with van der Waals surface area (Å²) in [5.41, 5.74) is 1.85. The van der Waals surface area contributed by atoms with Crippen molar-refractivity contribution in [2.45, 2.75) is 13.0 Å². The molecule has 0 aliphatic rings. The molecule has 140 valence electrons. The summed E-state index contributed by atoms with van der Waals surface area (Å²) in [6.07, 6.45) is -1.20. The smallest absolute Gasteiger partial charge is 0.277 e. The molecule has 0 unspecified atom stereocenters. The summed E-state index contributed by atoms with van der Waals surface area (Å²) < 4.78 is 28.0. The van der Waals surface area contributed by atoms with Crippen LogP contribution in [0.25, 0.3) is 0 Å². The van der Waals surface area contributed by atoms with Gasteiger partial charge in [-0.2, -0.15) is 5.10 Å². The van der Waals surface area contributed by atoms with Crippen molar-refractivity contribution in [1.29, 1.82) is 0 Å². The van der Waals surface area contributed by atoms with Gasteiger partial charge in [-0.3, -0.25) is 9.63 Å². The molecule has 0 spiro atoms. The Morgan fingerprint density at radius 2 is 2.08 bits per heavy atom. The average molecular weight is 433 g/mol. The summed E-state index contributed by atoms with van der Waals surface area (Å²) in [6, 6.07) is 4.14. The maximum absolute atomic E-state index is 14.3. The number of aliphatic hydroxyl groups is 2. The van der Waals surface area contributed by atoms with Crippen LogP contribution in [0.15, 0.2) is 22.7 Å². The second-order valence-corrected chi connectivity index (χ2v) is 6.03. The van der Waals surface area contributed by atoms with E-state index in [0.717, 1.165) is 6.07 Å². The normalized spacial score (nSPS) is 11.9. The molecule has 0 aliphatic heterocycles. The molecule has 4 N–H and O–H groups in total. The number of hydroxylamine groups is 1. The summed E-state index contributed by atoms with van der Waals surface area (Å²) in [5.74, 6) is -3.30.